The van der Waals surface area contributed by atoms with Crippen molar-refractivity contribution in [3.8, 4) is 0 Å². The number of alkyl halides is 3. The number of thiophene rings is 1. The number of hydrogen-bond acceptors (Lipinski definition) is 5. The van der Waals surface area contributed by atoms with Crippen molar-refractivity contribution >= 4 is 38.8 Å². The van der Waals surface area contributed by atoms with Gasteiger partial charge in [-0.2, -0.15) is 13.2 Å². The van der Waals surface area contributed by atoms with Gasteiger partial charge in [0.05, 0.1) is 21.6 Å². The molecule has 0 saturated carbocycles. The molecule has 0 fully saturated rings. The second-order valence-corrected chi connectivity index (χ2v) is 8.21. The average molecular weight is 399 g/mol. The highest BCUT2D eigenvalue weighted by Crippen LogP contribution is 2.34. The normalized spacial score (nSPS) is 13.2. The SMILES string of the molecule is Cc1nc(C)c([C@H](C)NC(=O)c2sc3nc(C(F)(F)F)ccc3c2C)s1. The molecule has 26 heavy (non-hydrogen) atoms. The minimum atomic E-state index is -4.51. The highest BCUT2D eigenvalue weighted by molar-refractivity contribution is 7.20. The third-order valence-corrected chi connectivity index (χ3v) is 6.44. The van der Waals surface area contributed by atoms with E-state index in [0.717, 1.165) is 33.0 Å². The second-order valence-electron chi connectivity index (χ2n) is 5.98. The Hall–Kier alpha value is -2.00. The van der Waals surface area contributed by atoms with Gasteiger partial charge >= 0.3 is 6.18 Å². The lowest BCUT2D eigenvalue weighted by Gasteiger charge is -2.12. The van der Waals surface area contributed by atoms with E-state index in [4.69, 9.17) is 0 Å². The molecule has 0 aliphatic carbocycles. The van der Waals surface area contributed by atoms with E-state index in [1.165, 1.54) is 17.4 Å². The van der Waals surface area contributed by atoms with E-state index >= 15 is 0 Å². The maximum atomic E-state index is 12.8. The molecule has 0 radical (unpaired) electrons. The quantitative estimate of drug-likeness (QED) is 0.660. The van der Waals surface area contributed by atoms with E-state index in [2.05, 4.69) is 15.3 Å². The van der Waals surface area contributed by atoms with Crippen molar-refractivity contribution in [1.29, 1.82) is 0 Å². The van der Waals surface area contributed by atoms with Crippen molar-refractivity contribution < 1.29 is 18.0 Å². The minimum absolute atomic E-state index is 0.208. The molecule has 1 atom stereocenters. The number of aryl methyl sites for hydroxylation is 3. The Labute approximate surface area is 156 Å². The molecular weight excluding hydrogens is 383 g/mol. The van der Waals surface area contributed by atoms with Crippen LogP contribution < -0.4 is 5.32 Å². The Morgan fingerprint density at radius 3 is 2.42 bits per heavy atom. The van der Waals surface area contributed by atoms with Gasteiger partial charge in [0, 0.05) is 10.3 Å². The molecule has 1 N–H and O–H groups in total. The van der Waals surface area contributed by atoms with Crippen molar-refractivity contribution in [1.82, 2.24) is 15.3 Å². The maximum absolute atomic E-state index is 12.8. The number of nitrogens with one attached hydrogen (secondary N) is 1. The third-order valence-electron chi connectivity index (χ3n) is 3.98. The summed E-state index contributed by atoms with van der Waals surface area (Å²) in [5, 5.41) is 4.38. The van der Waals surface area contributed by atoms with Crippen LogP contribution in [0.4, 0.5) is 13.2 Å². The van der Waals surface area contributed by atoms with Crippen LogP contribution in [0, 0.1) is 20.8 Å². The minimum Gasteiger partial charge on any atom is -0.344 e. The molecule has 3 aromatic heterocycles. The largest absolute Gasteiger partial charge is 0.433 e. The van der Waals surface area contributed by atoms with Crippen molar-refractivity contribution in [3.63, 3.8) is 0 Å². The van der Waals surface area contributed by atoms with Gasteiger partial charge in [-0.15, -0.1) is 22.7 Å². The molecule has 0 aliphatic rings. The van der Waals surface area contributed by atoms with Gasteiger partial charge in [-0.05, 0) is 45.4 Å². The van der Waals surface area contributed by atoms with Crippen LogP contribution in [0.1, 0.15) is 49.5 Å². The lowest BCUT2D eigenvalue weighted by Crippen LogP contribution is -2.26. The van der Waals surface area contributed by atoms with Crippen LogP contribution in [-0.2, 0) is 6.18 Å². The van der Waals surface area contributed by atoms with E-state index in [1.54, 1.807) is 6.92 Å². The number of halogens is 3. The zero-order valence-electron chi connectivity index (χ0n) is 14.5. The molecule has 0 aromatic carbocycles. The smallest absolute Gasteiger partial charge is 0.344 e. The van der Waals surface area contributed by atoms with Gasteiger partial charge in [-0.25, -0.2) is 9.97 Å². The number of pyridine rings is 1. The summed E-state index contributed by atoms with van der Waals surface area (Å²) in [7, 11) is 0. The Balaban J connectivity index is 1.90. The first kappa shape index (κ1) is 18.8. The van der Waals surface area contributed by atoms with Gasteiger partial charge in [-0.1, -0.05) is 0 Å². The number of aromatic nitrogens is 2. The second kappa shape index (κ2) is 6.62. The van der Waals surface area contributed by atoms with Crippen LogP contribution in [0.15, 0.2) is 12.1 Å². The summed E-state index contributed by atoms with van der Waals surface area (Å²) < 4.78 is 38.5. The summed E-state index contributed by atoms with van der Waals surface area (Å²) in [6, 6.07) is 2.07. The molecule has 138 valence electrons. The summed E-state index contributed by atoms with van der Waals surface area (Å²) >= 11 is 2.49. The van der Waals surface area contributed by atoms with E-state index < -0.39 is 11.9 Å². The fourth-order valence-corrected chi connectivity index (χ4v) is 4.76. The number of nitrogens with zero attached hydrogens (tertiary/aromatic N) is 2. The summed E-state index contributed by atoms with van der Waals surface area (Å²) in [6.07, 6.45) is -4.51. The molecule has 3 aromatic rings. The van der Waals surface area contributed by atoms with Crippen molar-refractivity contribution in [3.05, 3.63) is 43.8 Å². The highest BCUT2D eigenvalue weighted by atomic mass is 32.1. The maximum Gasteiger partial charge on any atom is 0.433 e. The number of thiazole rings is 1. The topological polar surface area (TPSA) is 54.9 Å². The van der Waals surface area contributed by atoms with Crippen LogP contribution in [0.25, 0.3) is 10.2 Å². The lowest BCUT2D eigenvalue weighted by molar-refractivity contribution is -0.140. The first-order chi connectivity index (χ1) is 12.1. The molecule has 1 amide bonds. The number of carbonyl (C=O) groups excluding carboxylic acids is 1. The van der Waals surface area contributed by atoms with E-state index in [-0.39, 0.29) is 16.8 Å². The van der Waals surface area contributed by atoms with Gasteiger partial charge in [-0.3, -0.25) is 4.79 Å². The van der Waals surface area contributed by atoms with Crippen molar-refractivity contribution in [2.75, 3.05) is 0 Å². The molecule has 3 rings (SSSR count). The lowest BCUT2D eigenvalue weighted by atomic mass is 10.1. The molecule has 3 heterocycles. The molecule has 0 aliphatic heterocycles. The first-order valence-corrected chi connectivity index (χ1v) is 9.43. The number of fused-ring (bicyclic) bond motifs is 1. The Morgan fingerprint density at radius 1 is 1.15 bits per heavy atom. The predicted molar refractivity (Wildman–Crippen MR) is 96.8 cm³/mol. The number of rotatable bonds is 3. The van der Waals surface area contributed by atoms with E-state index in [1.807, 2.05) is 20.8 Å². The van der Waals surface area contributed by atoms with Gasteiger partial charge in [0.2, 0.25) is 0 Å². The fourth-order valence-electron chi connectivity index (χ4n) is 2.75. The fraction of sp³-hybridized carbons (Fsp3) is 0.353. The Bertz CT molecular complexity index is 991. The molecule has 0 saturated heterocycles. The predicted octanol–water partition coefficient (Wildman–Crippen LogP) is 5.19. The zero-order chi connectivity index (χ0) is 19.2. The molecule has 9 heteroatoms. The third kappa shape index (κ3) is 3.45. The van der Waals surface area contributed by atoms with Crippen LogP contribution >= 0.6 is 22.7 Å². The monoisotopic (exact) mass is 399 g/mol. The zero-order valence-corrected chi connectivity index (χ0v) is 16.1. The molecular formula is C17H16F3N3OS2. The van der Waals surface area contributed by atoms with Gasteiger partial charge < -0.3 is 5.32 Å². The first-order valence-electron chi connectivity index (χ1n) is 7.80. The van der Waals surface area contributed by atoms with Gasteiger partial charge in [0.1, 0.15) is 10.5 Å². The van der Waals surface area contributed by atoms with E-state index in [9.17, 15) is 18.0 Å². The summed E-state index contributed by atoms with van der Waals surface area (Å²) in [6.45, 7) is 7.36. The number of carbonyl (C=O) groups is 1. The van der Waals surface area contributed by atoms with Crippen LogP contribution in [-0.4, -0.2) is 15.9 Å². The summed E-state index contributed by atoms with van der Waals surface area (Å²) in [5.74, 6) is -0.322. The molecule has 0 unspecified atom stereocenters. The highest BCUT2D eigenvalue weighted by Gasteiger charge is 2.33. The van der Waals surface area contributed by atoms with Crippen LogP contribution in [0.3, 0.4) is 0 Å². The van der Waals surface area contributed by atoms with Crippen LogP contribution in [0.5, 0.6) is 0 Å². The Morgan fingerprint density at radius 2 is 1.85 bits per heavy atom. The van der Waals surface area contributed by atoms with Gasteiger partial charge in [0.15, 0.2) is 0 Å². The standard InChI is InChI=1S/C17H16F3N3OS2/c1-7-11-5-6-12(17(18,19)20)23-16(11)26-13(7)15(24)22-9(3)14-8(2)21-10(4)25-14/h5-6,9H,1-4H3,(H,22,24)/t9-/m0/s1. The average Bonchev–Trinajstić information content (AvgIpc) is 3.05. The summed E-state index contributed by atoms with van der Waals surface area (Å²) in [4.78, 5) is 22.2. The number of amides is 1. The molecule has 0 bridgehead atoms. The van der Waals surface area contributed by atoms with Crippen LogP contribution in [0.2, 0.25) is 0 Å². The number of hydrogen-bond donors (Lipinski definition) is 1. The molecule has 4 nitrogen and oxygen atoms in total. The van der Waals surface area contributed by atoms with Crippen molar-refractivity contribution in [2.24, 2.45) is 0 Å². The Kier molecular flexibility index (Phi) is 4.78. The molecule has 0 spiro atoms. The summed E-state index contributed by atoms with van der Waals surface area (Å²) in [5.41, 5.74) is 0.542. The van der Waals surface area contributed by atoms with E-state index in [0.29, 0.717) is 15.8 Å². The van der Waals surface area contributed by atoms with Crippen molar-refractivity contribution in [2.45, 2.75) is 39.9 Å². The van der Waals surface area contributed by atoms with Gasteiger partial charge in [0.25, 0.3) is 5.91 Å².